The highest BCUT2D eigenvalue weighted by Gasteiger charge is 2.41. The Morgan fingerprint density at radius 1 is 1.15 bits per heavy atom. The monoisotopic (exact) mass is 376 g/mol. The standard InChI is InChI=1S/C19H28N4O2S/c1-6-22-13-19(15(3)20-22)26(24,25)23-11-17(18(12-23)21(4)5)16-9-7-14(2)8-10-16/h7-10,13,17-18H,6,11-12H2,1-5H3. The second-order valence-corrected chi connectivity index (χ2v) is 9.21. The Morgan fingerprint density at radius 3 is 2.35 bits per heavy atom. The zero-order chi connectivity index (χ0) is 19.1. The highest BCUT2D eigenvalue weighted by Crippen LogP contribution is 2.34. The Morgan fingerprint density at radius 2 is 1.81 bits per heavy atom. The maximum atomic E-state index is 13.2. The molecule has 2 aromatic rings. The zero-order valence-corrected chi connectivity index (χ0v) is 17.0. The van der Waals surface area contributed by atoms with Gasteiger partial charge in [-0.1, -0.05) is 29.8 Å². The Kier molecular flexibility index (Phi) is 5.23. The van der Waals surface area contributed by atoms with Gasteiger partial charge in [-0.25, -0.2) is 8.42 Å². The van der Waals surface area contributed by atoms with Crippen LogP contribution in [0.25, 0.3) is 0 Å². The highest BCUT2D eigenvalue weighted by atomic mass is 32.2. The molecule has 0 amide bonds. The van der Waals surface area contributed by atoms with Crippen molar-refractivity contribution in [2.75, 3.05) is 27.2 Å². The second kappa shape index (κ2) is 7.13. The van der Waals surface area contributed by atoms with Crippen molar-refractivity contribution in [2.24, 2.45) is 0 Å². The lowest BCUT2D eigenvalue weighted by Crippen LogP contribution is -2.35. The first-order valence-electron chi connectivity index (χ1n) is 9.01. The van der Waals surface area contributed by atoms with Gasteiger partial charge in [-0.05, 0) is 40.4 Å². The molecule has 0 bridgehead atoms. The first-order chi connectivity index (χ1) is 12.2. The lowest BCUT2D eigenvalue weighted by Gasteiger charge is -2.25. The summed E-state index contributed by atoms with van der Waals surface area (Å²) >= 11 is 0. The Bertz CT molecular complexity index is 871. The lowest BCUT2D eigenvalue weighted by molar-refractivity contribution is 0.285. The Labute approximate surface area is 156 Å². The second-order valence-electron chi connectivity index (χ2n) is 7.30. The van der Waals surface area contributed by atoms with Crippen LogP contribution in [0.1, 0.15) is 29.7 Å². The van der Waals surface area contributed by atoms with Gasteiger partial charge in [-0.2, -0.15) is 9.40 Å². The molecule has 0 N–H and O–H groups in total. The van der Waals surface area contributed by atoms with Gasteiger partial charge in [0.2, 0.25) is 10.0 Å². The summed E-state index contributed by atoms with van der Waals surface area (Å²) in [5.74, 6) is 0.155. The van der Waals surface area contributed by atoms with E-state index in [4.69, 9.17) is 0 Å². The van der Waals surface area contributed by atoms with E-state index in [-0.39, 0.29) is 12.0 Å². The molecule has 0 radical (unpaired) electrons. The lowest BCUT2D eigenvalue weighted by atomic mass is 9.93. The fourth-order valence-electron chi connectivity index (χ4n) is 3.67. The molecule has 7 heteroatoms. The van der Waals surface area contributed by atoms with Gasteiger partial charge in [0.25, 0.3) is 0 Å². The van der Waals surface area contributed by atoms with Gasteiger partial charge in [-0.15, -0.1) is 0 Å². The van der Waals surface area contributed by atoms with E-state index < -0.39 is 10.0 Å². The third kappa shape index (κ3) is 3.43. The summed E-state index contributed by atoms with van der Waals surface area (Å²) in [5.41, 5.74) is 2.96. The molecule has 2 heterocycles. The summed E-state index contributed by atoms with van der Waals surface area (Å²) in [6.45, 7) is 7.41. The van der Waals surface area contributed by atoms with Crippen LogP contribution in [-0.2, 0) is 16.6 Å². The molecule has 26 heavy (non-hydrogen) atoms. The SMILES string of the molecule is CCn1cc(S(=O)(=O)N2CC(c3ccc(C)cc3)C(N(C)C)C2)c(C)n1. The molecule has 0 aliphatic carbocycles. The van der Waals surface area contributed by atoms with Gasteiger partial charge in [0.05, 0.1) is 5.69 Å². The number of hydrogen-bond acceptors (Lipinski definition) is 4. The molecule has 2 unspecified atom stereocenters. The molecule has 1 fully saturated rings. The van der Waals surface area contributed by atoms with Crippen LogP contribution in [-0.4, -0.2) is 60.6 Å². The predicted molar refractivity (Wildman–Crippen MR) is 103 cm³/mol. The first-order valence-corrected chi connectivity index (χ1v) is 10.4. The number of nitrogens with zero attached hydrogens (tertiary/aromatic N) is 4. The topological polar surface area (TPSA) is 58.4 Å². The van der Waals surface area contributed by atoms with Crippen LogP contribution in [0.4, 0.5) is 0 Å². The fourth-order valence-corrected chi connectivity index (χ4v) is 5.32. The molecule has 1 aromatic carbocycles. The largest absolute Gasteiger partial charge is 0.304 e. The van der Waals surface area contributed by atoms with Crippen LogP contribution in [0.15, 0.2) is 35.4 Å². The zero-order valence-electron chi connectivity index (χ0n) is 16.2. The summed E-state index contributed by atoms with van der Waals surface area (Å²) in [6, 6.07) is 8.57. The average Bonchev–Trinajstić information content (AvgIpc) is 3.20. The number of sulfonamides is 1. The molecule has 1 saturated heterocycles. The van der Waals surface area contributed by atoms with Crippen molar-refractivity contribution in [1.29, 1.82) is 0 Å². The van der Waals surface area contributed by atoms with Gasteiger partial charge in [-0.3, -0.25) is 4.68 Å². The summed E-state index contributed by atoms with van der Waals surface area (Å²) in [4.78, 5) is 2.45. The fraction of sp³-hybridized carbons (Fsp3) is 0.526. The third-order valence-corrected chi connectivity index (χ3v) is 7.20. The van der Waals surface area contributed by atoms with E-state index >= 15 is 0 Å². The molecular formula is C19H28N4O2S. The van der Waals surface area contributed by atoms with Crippen LogP contribution in [0, 0.1) is 13.8 Å². The van der Waals surface area contributed by atoms with E-state index in [0.29, 0.717) is 30.2 Å². The number of benzene rings is 1. The first kappa shape index (κ1) is 19.1. The summed E-state index contributed by atoms with van der Waals surface area (Å²) < 4.78 is 29.8. The minimum atomic E-state index is -3.55. The van der Waals surface area contributed by atoms with Crippen molar-refractivity contribution in [3.63, 3.8) is 0 Å². The van der Waals surface area contributed by atoms with Crippen LogP contribution in [0.2, 0.25) is 0 Å². The van der Waals surface area contributed by atoms with Gasteiger partial charge in [0, 0.05) is 37.8 Å². The molecule has 6 nitrogen and oxygen atoms in total. The molecule has 1 aliphatic heterocycles. The number of aryl methyl sites for hydroxylation is 3. The van der Waals surface area contributed by atoms with E-state index in [0.717, 1.165) is 0 Å². The maximum Gasteiger partial charge on any atom is 0.246 e. The Hall–Kier alpha value is -1.70. The molecule has 2 atom stereocenters. The van der Waals surface area contributed by atoms with E-state index in [1.807, 2.05) is 21.0 Å². The van der Waals surface area contributed by atoms with Crippen molar-refractivity contribution in [3.8, 4) is 0 Å². The van der Waals surface area contributed by atoms with E-state index in [1.54, 1.807) is 22.1 Å². The highest BCUT2D eigenvalue weighted by molar-refractivity contribution is 7.89. The van der Waals surface area contributed by atoms with E-state index in [2.05, 4.69) is 41.2 Å². The molecule has 0 spiro atoms. The summed E-state index contributed by atoms with van der Waals surface area (Å²) in [7, 11) is 0.482. The van der Waals surface area contributed by atoms with Crippen molar-refractivity contribution >= 4 is 10.0 Å². The van der Waals surface area contributed by atoms with Gasteiger partial charge in [0.15, 0.2) is 0 Å². The third-order valence-electron chi connectivity index (χ3n) is 5.27. The van der Waals surface area contributed by atoms with Gasteiger partial charge < -0.3 is 4.90 Å². The van der Waals surface area contributed by atoms with Crippen LogP contribution < -0.4 is 0 Å². The Balaban J connectivity index is 1.93. The van der Waals surface area contributed by atoms with Crippen LogP contribution in [0.5, 0.6) is 0 Å². The molecule has 3 rings (SSSR count). The van der Waals surface area contributed by atoms with Crippen molar-refractivity contribution in [2.45, 2.75) is 44.2 Å². The van der Waals surface area contributed by atoms with Crippen molar-refractivity contribution in [1.82, 2.24) is 19.0 Å². The van der Waals surface area contributed by atoms with Crippen LogP contribution >= 0.6 is 0 Å². The number of rotatable bonds is 5. The maximum absolute atomic E-state index is 13.2. The molecule has 142 valence electrons. The molecule has 1 aliphatic rings. The number of hydrogen-bond donors (Lipinski definition) is 0. The average molecular weight is 377 g/mol. The number of aromatic nitrogens is 2. The van der Waals surface area contributed by atoms with E-state index in [1.165, 1.54) is 11.1 Å². The van der Waals surface area contributed by atoms with Crippen molar-refractivity contribution < 1.29 is 8.42 Å². The molecular weight excluding hydrogens is 348 g/mol. The molecule has 1 aromatic heterocycles. The molecule has 0 saturated carbocycles. The quantitative estimate of drug-likeness (QED) is 0.803. The minimum Gasteiger partial charge on any atom is -0.304 e. The van der Waals surface area contributed by atoms with Crippen molar-refractivity contribution in [3.05, 3.63) is 47.3 Å². The van der Waals surface area contributed by atoms with Crippen LogP contribution in [0.3, 0.4) is 0 Å². The summed E-state index contributed by atoms with van der Waals surface area (Å²) in [6.07, 6.45) is 1.65. The smallest absolute Gasteiger partial charge is 0.246 e. The number of likely N-dealkylation sites (N-methyl/N-ethyl adjacent to an activating group) is 1. The predicted octanol–water partition coefficient (Wildman–Crippen LogP) is 2.24. The minimum absolute atomic E-state index is 0.147. The van der Waals surface area contributed by atoms with E-state index in [9.17, 15) is 8.42 Å². The van der Waals surface area contributed by atoms with Gasteiger partial charge >= 0.3 is 0 Å². The van der Waals surface area contributed by atoms with Gasteiger partial charge in [0.1, 0.15) is 4.90 Å². The normalized spacial score (nSPS) is 21.6. The summed E-state index contributed by atoms with van der Waals surface area (Å²) in [5, 5.41) is 4.31.